The van der Waals surface area contributed by atoms with Crippen molar-refractivity contribution < 1.29 is 9.53 Å². The highest BCUT2D eigenvalue weighted by molar-refractivity contribution is 5.97. The Balaban J connectivity index is 1.33. The van der Waals surface area contributed by atoms with Crippen LogP contribution in [0.25, 0.3) is 16.8 Å². The molecule has 3 heterocycles. The van der Waals surface area contributed by atoms with Crippen LogP contribution in [-0.4, -0.2) is 38.1 Å². The average molecular weight is 511 g/mol. The molecule has 0 bridgehead atoms. The van der Waals surface area contributed by atoms with Crippen LogP contribution < -0.4 is 15.4 Å². The molecule has 0 atom stereocenters. The number of benzene rings is 1. The quantitative estimate of drug-likeness (QED) is 0.276. The smallest absolute Gasteiger partial charge is 0.251 e. The number of anilines is 1. The normalized spacial score (nSPS) is 16.2. The van der Waals surface area contributed by atoms with Crippen LogP contribution in [0.5, 0.6) is 11.6 Å². The van der Waals surface area contributed by atoms with Crippen LogP contribution in [-0.2, 0) is 0 Å². The number of aryl methyl sites for hydroxylation is 1. The Morgan fingerprint density at radius 2 is 1.82 bits per heavy atom. The fourth-order valence-electron chi connectivity index (χ4n) is 5.24. The van der Waals surface area contributed by atoms with E-state index in [0.717, 1.165) is 41.9 Å². The monoisotopic (exact) mass is 510 g/mol. The summed E-state index contributed by atoms with van der Waals surface area (Å²) >= 11 is 0. The minimum absolute atomic E-state index is 0.00687. The third kappa shape index (κ3) is 5.49. The van der Waals surface area contributed by atoms with Gasteiger partial charge < -0.3 is 15.4 Å². The molecule has 4 aromatic rings. The van der Waals surface area contributed by atoms with Gasteiger partial charge in [0.05, 0.1) is 6.20 Å². The first-order valence-electron chi connectivity index (χ1n) is 13.8. The molecule has 38 heavy (non-hydrogen) atoms. The van der Waals surface area contributed by atoms with Crippen LogP contribution in [0.3, 0.4) is 0 Å². The Morgan fingerprint density at radius 3 is 2.55 bits per heavy atom. The molecule has 8 heteroatoms. The van der Waals surface area contributed by atoms with Gasteiger partial charge in [0.2, 0.25) is 5.88 Å². The predicted octanol–water partition coefficient (Wildman–Crippen LogP) is 6.17. The van der Waals surface area contributed by atoms with Gasteiger partial charge in [-0.05, 0) is 67.9 Å². The lowest BCUT2D eigenvalue weighted by Crippen LogP contribution is -2.26. The maximum atomic E-state index is 12.6. The van der Waals surface area contributed by atoms with E-state index in [1.807, 2.05) is 54.0 Å². The molecule has 2 saturated carbocycles. The predicted molar refractivity (Wildman–Crippen MR) is 148 cm³/mol. The molecule has 2 aliphatic rings. The molecule has 2 aliphatic carbocycles. The van der Waals surface area contributed by atoms with Gasteiger partial charge in [-0.25, -0.2) is 0 Å². The van der Waals surface area contributed by atoms with Crippen LogP contribution >= 0.6 is 0 Å². The van der Waals surface area contributed by atoms with Crippen molar-refractivity contribution >= 4 is 17.4 Å². The first-order chi connectivity index (χ1) is 18.6. The van der Waals surface area contributed by atoms with Gasteiger partial charge in [0.25, 0.3) is 5.91 Å². The Hall–Kier alpha value is -3.94. The van der Waals surface area contributed by atoms with Crippen molar-refractivity contribution in [3.05, 3.63) is 66.1 Å². The standard InChI is InChI=1S/C30H34N6O2/c1-20-16-22(8-11-25(20)30(37)34-23-9-10-23)26-19-33-36-27(32-18-21-6-4-2-3-5-7-21)17-28(35-29(26)36)38-24-12-14-31-15-13-24/h8,11-17,19,21,23,32H,2-7,9-10,18H2,1H3,(H,34,37). The molecular weight excluding hydrogens is 476 g/mol. The molecule has 2 fully saturated rings. The van der Waals surface area contributed by atoms with Crippen molar-refractivity contribution in [3.8, 4) is 22.8 Å². The van der Waals surface area contributed by atoms with E-state index in [2.05, 4.69) is 15.6 Å². The molecule has 8 nitrogen and oxygen atoms in total. The summed E-state index contributed by atoms with van der Waals surface area (Å²) in [6.07, 6.45) is 15.2. The van der Waals surface area contributed by atoms with Gasteiger partial charge in [0.15, 0.2) is 5.65 Å². The van der Waals surface area contributed by atoms with Crippen LogP contribution in [0.15, 0.2) is 55.0 Å². The number of aromatic nitrogens is 4. The molecule has 0 spiro atoms. The number of nitrogens with one attached hydrogen (secondary N) is 2. The number of amides is 1. The zero-order chi connectivity index (χ0) is 25.9. The molecule has 0 aliphatic heterocycles. The highest BCUT2D eigenvalue weighted by Gasteiger charge is 2.25. The molecule has 6 rings (SSSR count). The lowest BCUT2D eigenvalue weighted by molar-refractivity contribution is 0.0950. The summed E-state index contributed by atoms with van der Waals surface area (Å²) in [7, 11) is 0. The Bertz CT molecular complexity index is 1420. The zero-order valence-corrected chi connectivity index (χ0v) is 21.8. The second kappa shape index (κ2) is 10.8. The summed E-state index contributed by atoms with van der Waals surface area (Å²) < 4.78 is 7.99. The van der Waals surface area contributed by atoms with Crippen molar-refractivity contribution in [2.75, 3.05) is 11.9 Å². The highest BCUT2D eigenvalue weighted by Crippen LogP contribution is 2.31. The zero-order valence-electron chi connectivity index (χ0n) is 21.8. The fraction of sp³-hybridized carbons (Fsp3) is 0.400. The third-order valence-electron chi connectivity index (χ3n) is 7.56. The first kappa shape index (κ1) is 24.4. The number of hydrogen-bond donors (Lipinski definition) is 2. The number of nitrogens with zero attached hydrogens (tertiary/aromatic N) is 4. The Morgan fingerprint density at radius 1 is 1.03 bits per heavy atom. The second-order valence-electron chi connectivity index (χ2n) is 10.6. The van der Waals surface area contributed by atoms with E-state index in [1.165, 1.54) is 38.5 Å². The van der Waals surface area contributed by atoms with E-state index in [4.69, 9.17) is 14.8 Å². The van der Waals surface area contributed by atoms with Gasteiger partial charge in [-0.1, -0.05) is 37.8 Å². The fourth-order valence-corrected chi connectivity index (χ4v) is 5.24. The lowest BCUT2D eigenvalue weighted by atomic mass is 10.0. The van der Waals surface area contributed by atoms with Crippen molar-refractivity contribution in [3.63, 3.8) is 0 Å². The molecule has 2 N–H and O–H groups in total. The number of rotatable bonds is 8. The third-order valence-corrected chi connectivity index (χ3v) is 7.56. The summed E-state index contributed by atoms with van der Waals surface area (Å²) in [6.45, 7) is 2.87. The number of fused-ring (bicyclic) bond motifs is 1. The first-order valence-corrected chi connectivity index (χ1v) is 13.8. The minimum atomic E-state index is -0.00687. The van der Waals surface area contributed by atoms with E-state index < -0.39 is 0 Å². The molecule has 196 valence electrons. The molecule has 1 amide bonds. The maximum Gasteiger partial charge on any atom is 0.251 e. The molecular formula is C30H34N6O2. The molecule has 1 aromatic carbocycles. The number of ether oxygens (including phenoxy) is 1. The lowest BCUT2D eigenvalue weighted by Gasteiger charge is -2.17. The highest BCUT2D eigenvalue weighted by atomic mass is 16.5. The average Bonchev–Trinajstić information content (AvgIpc) is 3.69. The molecule has 0 saturated heterocycles. The van der Waals surface area contributed by atoms with Gasteiger partial charge >= 0.3 is 0 Å². The second-order valence-corrected chi connectivity index (χ2v) is 10.6. The van der Waals surface area contributed by atoms with E-state index in [-0.39, 0.29) is 5.91 Å². The van der Waals surface area contributed by atoms with Gasteiger partial charge in [-0.3, -0.25) is 9.78 Å². The maximum absolute atomic E-state index is 12.6. The summed E-state index contributed by atoms with van der Waals surface area (Å²) in [5.74, 6) is 2.66. The van der Waals surface area contributed by atoms with Crippen LogP contribution in [0, 0.1) is 12.8 Å². The van der Waals surface area contributed by atoms with Crippen LogP contribution in [0.4, 0.5) is 5.82 Å². The number of hydrogen-bond acceptors (Lipinski definition) is 6. The van der Waals surface area contributed by atoms with Gasteiger partial charge in [0.1, 0.15) is 11.6 Å². The largest absolute Gasteiger partial charge is 0.439 e. The van der Waals surface area contributed by atoms with E-state index in [9.17, 15) is 4.79 Å². The molecule has 3 aromatic heterocycles. The summed E-state index contributed by atoms with van der Waals surface area (Å²) in [5, 5.41) is 11.4. The molecule has 0 unspecified atom stereocenters. The summed E-state index contributed by atoms with van der Waals surface area (Å²) in [6, 6.07) is 11.8. The van der Waals surface area contributed by atoms with Crippen molar-refractivity contribution in [1.29, 1.82) is 0 Å². The minimum Gasteiger partial charge on any atom is -0.439 e. The Labute approximate surface area is 222 Å². The molecule has 0 radical (unpaired) electrons. The summed E-state index contributed by atoms with van der Waals surface area (Å²) in [5.41, 5.74) is 4.19. The van der Waals surface area contributed by atoms with Crippen LogP contribution in [0.1, 0.15) is 67.3 Å². The van der Waals surface area contributed by atoms with Gasteiger partial charge in [-0.15, -0.1) is 0 Å². The van der Waals surface area contributed by atoms with Crippen LogP contribution in [0.2, 0.25) is 0 Å². The number of carbonyl (C=O) groups excluding carboxylic acids is 1. The number of pyridine rings is 1. The van der Waals surface area contributed by atoms with E-state index in [0.29, 0.717) is 34.8 Å². The summed E-state index contributed by atoms with van der Waals surface area (Å²) in [4.78, 5) is 21.6. The Kier molecular flexibility index (Phi) is 6.94. The van der Waals surface area contributed by atoms with Crippen molar-refractivity contribution in [2.45, 2.75) is 64.3 Å². The van der Waals surface area contributed by atoms with Gasteiger partial charge in [0, 0.05) is 42.2 Å². The topological polar surface area (TPSA) is 93.4 Å². The SMILES string of the molecule is Cc1cc(-c2cnn3c(NCC4CCCCCC4)cc(Oc4ccncc4)nc23)ccc1C(=O)NC1CC1. The number of carbonyl (C=O) groups is 1. The van der Waals surface area contributed by atoms with Gasteiger partial charge in [-0.2, -0.15) is 14.6 Å². The van der Waals surface area contributed by atoms with Crippen molar-refractivity contribution in [2.24, 2.45) is 5.92 Å². The van der Waals surface area contributed by atoms with E-state index in [1.54, 1.807) is 12.4 Å². The van der Waals surface area contributed by atoms with E-state index >= 15 is 0 Å². The van der Waals surface area contributed by atoms with Crippen molar-refractivity contribution in [1.82, 2.24) is 24.9 Å².